The van der Waals surface area contributed by atoms with Crippen molar-refractivity contribution in [1.29, 1.82) is 0 Å². The van der Waals surface area contributed by atoms with Crippen LogP contribution in [-0.2, 0) is 16.1 Å². The van der Waals surface area contributed by atoms with E-state index in [-0.39, 0.29) is 18.1 Å². The number of fused-ring (bicyclic) bond motifs is 2. The van der Waals surface area contributed by atoms with Gasteiger partial charge >= 0.3 is 13.0 Å². The highest BCUT2D eigenvalue weighted by Crippen LogP contribution is 2.37. The second kappa shape index (κ2) is 5.79. The zero-order valence-electron chi connectivity index (χ0n) is 12.5. The molecule has 2 heterocycles. The molecule has 2 aliphatic rings. The van der Waals surface area contributed by atoms with E-state index in [1.807, 2.05) is 23.0 Å². The summed E-state index contributed by atoms with van der Waals surface area (Å²) < 4.78 is 4.99. The van der Waals surface area contributed by atoms with E-state index in [9.17, 15) is 9.82 Å². The van der Waals surface area contributed by atoms with Gasteiger partial charge in [-0.1, -0.05) is 30.3 Å². The van der Waals surface area contributed by atoms with Gasteiger partial charge in [0.1, 0.15) is 6.04 Å². The topological polar surface area (TPSA) is 53.0 Å². The lowest BCUT2D eigenvalue weighted by atomic mass is 9.82. The summed E-state index contributed by atoms with van der Waals surface area (Å²) >= 11 is 0. The number of esters is 1. The Labute approximate surface area is 125 Å². The first-order valence-corrected chi connectivity index (χ1v) is 7.43. The molecular weight excluding hydrogens is 267 g/mol. The van der Waals surface area contributed by atoms with Gasteiger partial charge < -0.3 is 14.6 Å². The van der Waals surface area contributed by atoms with E-state index in [0.717, 1.165) is 19.5 Å². The molecule has 0 aliphatic carbocycles. The summed E-state index contributed by atoms with van der Waals surface area (Å²) in [6.45, 7) is 3.31. The summed E-state index contributed by atoms with van der Waals surface area (Å²) in [5.41, 5.74) is 1.20. The minimum Gasteiger partial charge on any atom is -0.468 e. The summed E-state index contributed by atoms with van der Waals surface area (Å²) in [4.78, 5) is 16.4. The lowest BCUT2D eigenvalue weighted by Gasteiger charge is -2.40. The van der Waals surface area contributed by atoms with Crippen molar-refractivity contribution < 1.29 is 14.6 Å². The lowest BCUT2D eigenvalue weighted by molar-refractivity contribution is -0.149. The molecule has 0 amide bonds. The van der Waals surface area contributed by atoms with Crippen LogP contribution in [0.25, 0.3) is 0 Å². The molecule has 0 saturated carbocycles. The van der Waals surface area contributed by atoms with E-state index in [1.54, 1.807) is 6.82 Å². The molecule has 2 aliphatic heterocycles. The Morgan fingerprint density at radius 3 is 2.76 bits per heavy atom. The van der Waals surface area contributed by atoms with E-state index < -0.39 is 7.05 Å². The molecule has 3 atom stereocenters. The average Bonchev–Trinajstić information content (AvgIpc) is 3.06. The molecule has 2 fully saturated rings. The maximum absolute atomic E-state index is 12.2. The van der Waals surface area contributed by atoms with Crippen molar-refractivity contribution in [2.45, 2.75) is 37.9 Å². The smallest absolute Gasteiger partial charge is 0.376 e. The second-order valence-corrected chi connectivity index (χ2v) is 5.91. The van der Waals surface area contributed by atoms with Crippen LogP contribution in [0, 0.1) is 0 Å². The summed E-state index contributed by atoms with van der Waals surface area (Å²) in [5.74, 6) is -0.205. The summed E-state index contributed by atoms with van der Waals surface area (Å²) in [5, 5.41) is 9.88. The molecule has 112 valence electrons. The van der Waals surface area contributed by atoms with E-state index in [4.69, 9.17) is 4.74 Å². The Kier molecular flexibility index (Phi) is 4.02. The van der Waals surface area contributed by atoms with Gasteiger partial charge in [-0.25, -0.2) is 0 Å². The van der Waals surface area contributed by atoms with Crippen LogP contribution >= 0.6 is 0 Å². The molecule has 1 N–H and O–H groups in total. The van der Waals surface area contributed by atoms with Crippen molar-refractivity contribution >= 4 is 13.0 Å². The third-order valence-corrected chi connectivity index (χ3v) is 4.68. The summed E-state index contributed by atoms with van der Waals surface area (Å²) in [6, 6.07) is 10.2. The fraction of sp³-hybridized carbons (Fsp3) is 0.533. The first kappa shape index (κ1) is 14.6. The highest BCUT2D eigenvalue weighted by atomic mass is 16.5. The molecule has 2 saturated heterocycles. The molecular formula is C15H21BN2O3. The first-order chi connectivity index (χ1) is 10.1. The molecule has 3 rings (SSSR count). The van der Waals surface area contributed by atoms with E-state index >= 15 is 0 Å². The molecule has 5 nitrogen and oxygen atoms in total. The number of ether oxygens (including phenoxy) is 1. The number of nitrogens with zero attached hydrogens (tertiary/aromatic N) is 2. The predicted octanol–water partition coefficient (Wildman–Crippen LogP) is 0.597. The number of carbonyl (C=O) groups is 1. The third-order valence-electron chi connectivity index (χ3n) is 4.68. The summed E-state index contributed by atoms with van der Waals surface area (Å²) in [6.07, 6.45) is 0.914. The molecule has 21 heavy (non-hydrogen) atoms. The van der Waals surface area contributed by atoms with Gasteiger partial charge in [0, 0.05) is 25.2 Å². The van der Waals surface area contributed by atoms with Crippen molar-refractivity contribution in [2.24, 2.45) is 0 Å². The van der Waals surface area contributed by atoms with Crippen LogP contribution in [-0.4, -0.2) is 59.5 Å². The Morgan fingerprint density at radius 1 is 1.43 bits per heavy atom. The molecule has 0 radical (unpaired) electrons. The summed E-state index contributed by atoms with van der Waals surface area (Å²) in [7, 11) is 0.910. The highest BCUT2D eigenvalue weighted by molar-refractivity contribution is 6.45. The number of benzene rings is 1. The Hall–Kier alpha value is -1.37. The van der Waals surface area contributed by atoms with Crippen LogP contribution < -0.4 is 0 Å². The van der Waals surface area contributed by atoms with Crippen molar-refractivity contribution in [1.82, 2.24) is 9.71 Å². The second-order valence-electron chi connectivity index (χ2n) is 5.91. The van der Waals surface area contributed by atoms with Crippen LogP contribution in [0.15, 0.2) is 30.3 Å². The Morgan fingerprint density at radius 2 is 2.14 bits per heavy atom. The molecule has 2 unspecified atom stereocenters. The standard InChI is InChI=1S/C15H21BN2O3/c1-16(20)18-10-12-8-13(18)14(15(19)21-2)17(12)9-11-6-4-3-5-7-11/h3-7,12-14,20H,8-10H2,1-2H3/t12?,13?,14-/m1/s1. The van der Waals surface area contributed by atoms with Gasteiger partial charge in [-0.15, -0.1) is 0 Å². The zero-order chi connectivity index (χ0) is 15.0. The van der Waals surface area contributed by atoms with Crippen LogP contribution in [0.5, 0.6) is 0 Å². The molecule has 6 heteroatoms. The fourth-order valence-corrected chi connectivity index (χ4v) is 3.73. The number of rotatable bonds is 4. The van der Waals surface area contributed by atoms with Crippen molar-refractivity contribution in [3.05, 3.63) is 35.9 Å². The number of piperazine rings is 1. The van der Waals surface area contributed by atoms with Crippen LogP contribution in [0.2, 0.25) is 6.82 Å². The largest absolute Gasteiger partial charge is 0.468 e. The van der Waals surface area contributed by atoms with E-state index in [1.165, 1.54) is 12.7 Å². The van der Waals surface area contributed by atoms with Gasteiger partial charge in [0.25, 0.3) is 0 Å². The van der Waals surface area contributed by atoms with Crippen molar-refractivity contribution in [2.75, 3.05) is 13.7 Å². The molecule has 1 aromatic rings. The van der Waals surface area contributed by atoms with Gasteiger partial charge in [0.05, 0.1) is 7.11 Å². The molecule has 2 bridgehead atoms. The molecule has 1 aromatic carbocycles. The van der Waals surface area contributed by atoms with Gasteiger partial charge in [0.15, 0.2) is 0 Å². The minimum absolute atomic E-state index is 0.0474. The number of methoxy groups -OCH3 is 1. The number of hydrogen-bond acceptors (Lipinski definition) is 5. The maximum Gasteiger partial charge on any atom is 0.376 e. The normalized spacial score (nSPS) is 28.8. The van der Waals surface area contributed by atoms with Crippen molar-refractivity contribution in [3.63, 3.8) is 0 Å². The highest BCUT2D eigenvalue weighted by Gasteiger charge is 2.54. The third kappa shape index (κ3) is 2.59. The Balaban J connectivity index is 1.82. The first-order valence-electron chi connectivity index (χ1n) is 7.43. The number of carbonyl (C=O) groups excluding carboxylic acids is 1. The maximum atomic E-state index is 12.2. The fourth-order valence-electron chi connectivity index (χ4n) is 3.73. The van der Waals surface area contributed by atoms with E-state index in [2.05, 4.69) is 17.0 Å². The number of hydrogen-bond donors (Lipinski definition) is 1. The van der Waals surface area contributed by atoms with E-state index in [0.29, 0.717) is 6.04 Å². The lowest BCUT2D eigenvalue weighted by Crippen LogP contribution is -2.59. The minimum atomic E-state index is -0.522. The van der Waals surface area contributed by atoms with Gasteiger partial charge in [-0.2, -0.15) is 0 Å². The van der Waals surface area contributed by atoms with Gasteiger partial charge in [0.2, 0.25) is 0 Å². The van der Waals surface area contributed by atoms with Crippen LogP contribution in [0.3, 0.4) is 0 Å². The predicted molar refractivity (Wildman–Crippen MR) is 80.5 cm³/mol. The monoisotopic (exact) mass is 288 g/mol. The zero-order valence-corrected chi connectivity index (χ0v) is 12.5. The van der Waals surface area contributed by atoms with Gasteiger partial charge in [-0.3, -0.25) is 9.69 Å². The number of likely N-dealkylation sites (tertiary alicyclic amines) is 1. The Bertz CT molecular complexity index is 511. The van der Waals surface area contributed by atoms with Gasteiger partial charge in [-0.05, 0) is 18.8 Å². The quantitative estimate of drug-likeness (QED) is 0.649. The van der Waals surface area contributed by atoms with Crippen LogP contribution in [0.4, 0.5) is 0 Å². The van der Waals surface area contributed by atoms with Crippen molar-refractivity contribution in [3.8, 4) is 0 Å². The average molecular weight is 288 g/mol. The molecule has 0 spiro atoms. The molecule has 0 aromatic heterocycles. The van der Waals surface area contributed by atoms with Crippen LogP contribution in [0.1, 0.15) is 12.0 Å². The SMILES string of the molecule is COC(=O)[C@H]1C2CC(CN2B(C)O)N1Cc1ccccc1.